The molecule has 0 bridgehead atoms. The fourth-order valence-electron chi connectivity index (χ4n) is 3.93. The van der Waals surface area contributed by atoms with Crippen molar-refractivity contribution in [2.45, 2.75) is 26.4 Å². The summed E-state index contributed by atoms with van der Waals surface area (Å²) < 4.78 is 35.1. The SMILES string of the molecule is Cc1ccc2c(c1)N(S(C)(=O)=O)CC[C@H](C(=O)Nc1c(C)n(C)n(-c3ccccc3)c1=O)O2. The van der Waals surface area contributed by atoms with E-state index in [1.54, 1.807) is 49.0 Å². The highest BCUT2D eigenvalue weighted by Gasteiger charge is 2.32. The van der Waals surface area contributed by atoms with Crippen LogP contribution in [-0.4, -0.2) is 42.6 Å². The summed E-state index contributed by atoms with van der Waals surface area (Å²) in [6.45, 7) is 3.68. The van der Waals surface area contributed by atoms with E-state index in [0.29, 0.717) is 22.8 Å². The Balaban J connectivity index is 1.65. The molecule has 1 aromatic heterocycles. The molecule has 1 amide bonds. The van der Waals surface area contributed by atoms with E-state index in [9.17, 15) is 18.0 Å². The molecule has 33 heavy (non-hydrogen) atoms. The van der Waals surface area contributed by atoms with Crippen LogP contribution in [0.2, 0.25) is 0 Å². The molecule has 0 aliphatic carbocycles. The van der Waals surface area contributed by atoms with Crippen molar-refractivity contribution in [2.24, 2.45) is 7.05 Å². The lowest BCUT2D eigenvalue weighted by Crippen LogP contribution is -2.37. The average molecular weight is 471 g/mol. The number of carbonyl (C=O) groups excluding carboxylic acids is 1. The zero-order valence-electron chi connectivity index (χ0n) is 18.9. The van der Waals surface area contributed by atoms with Gasteiger partial charge in [0.05, 0.1) is 23.3 Å². The normalized spacial score (nSPS) is 16.0. The van der Waals surface area contributed by atoms with Crippen LogP contribution in [0.15, 0.2) is 53.3 Å². The van der Waals surface area contributed by atoms with Gasteiger partial charge in [-0.1, -0.05) is 24.3 Å². The standard InChI is InChI=1S/C23H26N4O5S/c1-15-10-11-19-18(14-15)26(33(4,30)31)13-12-20(32-19)22(28)24-21-16(2)25(3)27(23(21)29)17-8-6-5-7-9-17/h5-11,14,20H,12-13H2,1-4H3,(H,24,28)/t20-/m1/s1. The summed E-state index contributed by atoms with van der Waals surface area (Å²) in [5, 5.41) is 2.72. The Hall–Kier alpha value is -3.53. The van der Waals surface area contributed by atoms with Gasteiger partial charge in [0.2, 0.25) is 10.0 Å². The molecule has 1 aliphatic rings. The van der Waals surface area contributed by atoms with E-state index < -0.39 is 22.0 Å². The lowest BCUT2D eigenvalue weighted by atomic mass is 10.2. The Morgan fingerprint density at radius 1 is 1.12 bits per heavy atom. The van der Waals surface area contributed by atoms with Gasteiger partial charge in [0.25, 0.3) is 11.5 Å². The zero-order chi connectivity index (χ0) is 23.9. The van der Waals surface area contributed by atoms with Gasteiger partial charge >= 0.3 is 0 Å². The average Bonchev–Trinajstić information content (AvgIpc) is 2.90. The minimum Gasteiger partial charge on any atom is -0.478 e. The quantitative estimate of drug-likeness (QED) is 0.631. The number of carbonyl (C=O) groups is 1. The molecule has 4 rings (SSSR count). The van der Waals surface area contributed by atoms with Crippen molar-refractivity contribution in [1.29, 1.82) is 0 Å². The molecule has 0 fully saturated rings. The topological polar surface area (TPSA) is 103 Å². The van der Waals surface area contributed by atoms with Crippen molar-refractivity contribution in [2.75, 3.05) is 22.4 Å². The van der Waals surface area contributed by atoms with Gasteiger partial charge < -0.3 is 10.1 Å². The molecule has 2 aromatic carbocycles. The number of para-hydroxylation sites is 1. The molecular formula is C23H26N4O5S. The van der Waals surface area contributed by atoms with Crippen molar-refractivity contribution in [3.8, 4) is 11.4 Å². The third-order valence-corrected chi connectivity index (χ3v) is 6.92. The van der Waals surface area contributed by atoms with Gasteiger partial charge in [-0.3, -0.25) is 18.6 Å². The van der Waals surface area contributed by atoms with Crippen LogP contribution >= 0.6 is 0 Å². The van der Waals surface area contributed by atoms with Crippen molar-refractivity contribution in [3.63, 3.8) is 0 Å². The third kappa shape index (κ3) is 4.25. The Morgan fingerprint density at radius 2 is 1.82 bits per heavy atom. The molecule has 0 spiro atoms. The number of aryl methyl sites for hydroxylation is 1. The van der Waals surface area contributed by atoms with E-state index in [4.69, 9.17) is 4.74 Å². The van der Waals surface area contributed by atoms with Crippen LogP contribution in [-0.2, 0) is 21.9 Å². The fourth-order valence-corrected chi connectivity index (χ4v) is 4.87. The summed E-state index contributed by atoms with van der Waals surface area (Å²) in [5.41, 5.74) is 2.32. The smallest absolute Gasteiger partial charge is 0.295 e. The van der Waals surface area contributed by atoms with Crippen molar-refractivity contribution < 1.29 is 17.9 Å². The maximum atomic E-state index is 13.2. The van der Waals surface area contributed by atoms with E-state index in [2.05, 4.69) is 5.32 Å². The lowest BCUT2D eigenvalue weighted by Gasteiger charge is -2.21. The van der Waals surface area contributed by atoms with Crippen molar-refractivity contribution in [3.05, 3.63) is 70.1 Å². The number of hydrogen-bond donors (Lipinski definition) is 1. The molecule has 1 N–H and O–H groups in total. The predicted molar refractivity (Wildman–Crippen MR) is 127 cm³/mol. The van der Waals surface area contributed by atoms with Crippen molar-refractivity contribution >= 4 is 27.3 Å². The van der Waals surface area contributed by atoms with Gasteiger partial charge in [-0.15, -0.1) is 0 Å². The molecule has 2 heterocycles. The number of nitrogens with one attached hydrogen (secondary N) is 1. The summed E-state index contributed by atoms with van der Waals surface area (Å²) in [6, 6.07) is 14.3. The molecule has 1 aliphatic heterocycles. The summed E-state index contributed by atoms with van der Waals surface area (Å²) >= 11 is 0. The fraction of sp³-hybridized carbons (Fsp3) is 0.304. The maximum absolute atomic E-state index is 13.2. The number of rotatable bonds is 4. The van der Waals surface area contributed by atoms with Crippen molar-refractivity contribution in [1.82, 2.24) is 9.36 Å². The highest BCUT2D eigenvalue weighted by molar-refractivity contribution is 7.92. The van der Waals surface area contributed by atoms with Gasteiger partial charge in [0.1, 0.15) is 11.4 Å². The van der Waals surface area contributed by atoms with Gasteiger partial charge in [-0.2, -0.15) is 0 Å². The predicted octanol–water partition coefficient (Wildman–Crippen LogP) is 2.35. The Kier molecular flexibility index (Phi) is 5.79. The van der Waals surface area contributed by atoms with Crippen LogP contribution in [0.5, 0.6) is 5.75 Å². The second-order valence-corrected chi connectivity index (χ2v) is 10.0. The maximum Gasteiger partial charge on any atom is 0.295 e. The van der Waals surface area contributed by atoms with Crippen LogP contribution < -0.4 is 19.9 Å². The Bertz CT molecular complexity index is 1380. The van der Waals surface area contributed by atoms with E-state index >= 15 is 0 Å². The first-order valence-corrected chi connectivity index (χ1v) is 12.3. The van der Waals surface area contributed by atoms with Crippen LogP contribution in [0.25, 0.3) is 5.69 Å². The summed E-state index contributed by atoms with van der Waals surface area (Å²) in [5.74, 6) is -0.210. The molecule has 0 radical (unpaired) electrons. The monoisotopic (exact) mass is 470 g/mol. The molecule has 3 aromatic rings. The minimum atomic E-state index is -3.57. The van der Waals surface area contributed by atoms with Gasteiger partial charge in [-0.05, 0) is 43.7 Å². The number of fused-ring (bicyclic) bond motifs is 1. The van der Waals surface area contributed by atoms with Crippen LogP contribution in [0.1, 0.15) is 17.7 Å². The van der Waals surface area contributed by atoms with Crippen LogP contribution in [0.4, 0.5) is 11.4 Å². The largest absolute Gasteiger partial charge is 0.478 e. The number of aromatic nitrogens is 2. The molecule has 0 unspecified atom stereocenters. The zero-order valence-corrected chi connectivity index (χ0v) is 19.7. The van der Waals surface area contributed by atoms with Crippen LogP contribution in [0.3, 0.4) is 0 Å². The molecule has 0 saturated heterocycles. The molecule has 10 heteroatoms. The highest BCUT2D eigenvalue weighted by atomic mass is 32.2. The second-order valence-electron chi connectivity index (χ2n) is 8.13. The van der Waals surface area contributed by atoms with E-state index in [0.717, 1.165) is 11.8 Å². The summed E-state index contributed by atoms with van der Waals surface area (Å²) in [6.07, 6.45) is 0.284. The van der Waals surface area contributed by atoms with E-state index in [1.165, 1.54) is 8.99 Å². The molecule has 9 nitrogen and oxygen atoms in total. The molecule has 1 atom stereocenters. The van der Waals surface area contributed by atoms with E-state index in [-0.39, 0.29) is 24.2 Å². The first-order valence-electron chi connectivity index (χ1n) is 10.5. The second kappa shape index (κ2) is 8.43. The number of sulfonamides is 1. The first kappa shape index (κ1) is 22.7. The van der Waals surface area contributed by atoms with Gasteiger partial charge in [0, 0.05) is 20.0 Å². The number of anilines is 2. The molecule has 174 valence electrons. The minimum absolute atomic E-state index is 0.0788. The van der Waals surface area contributed by atoms with Gasteiger partial charge in [0.15, 0.2) is 6.10 Å². The number of amides is 1. The number of hydrogen-bond acceptors (Lipinski definition) is 5. The summed E-state index contributed by atoms with van der Waals surface area (Å²) in [4.78, 5) is 26.3. The summed E-state index contributed by atoms with van der Waals surface area (Å²) in [7, 11) is -1.83. The van der Waals surface area contributed by atoms with Crippen LogP contribution in [0, 0.1) is 13.8 Å². The third-order valence-electron chi connectivity index (χ3n) is 5.74. The molecule has 0 saturated carbocycles. The Labute approximate surface area is 192 Å². The highest BCUT2D eigenvalue weighted by Crippen LogP contribution is 2.35. The number of ether oxygens (including phenoxy) is 1. The Morgan fingerprint density at radius 3 is 2.48 bits per heavy atom. The number of nitrogens with zero attached hydrogens (tertiary/aromatic N) is 3. The van der Waals surface area contributed by atoms with Gasteiger partial charge in [-0.25, -0.2) is 13.1 Å². The number of benzene rings is 2. The first-order chi connectivity index (χ1) is 15.6. The lowest BCUT2D eigenvalue weighted by molar-refractivity contribution is -0.122. The molecular weight excluding hydrogens is 444 g/mol. The van der Waals surface area contributed by atoms with E-state index in [1.807, 2.05) is 25.1 Å².